The molecule has 1 amide bonds. The van der Waals surface area contributed by atoms with Gasteiger partial charge in [-0.25, -0.2) is 0 Å². The summed E-state index contributed by atoms with van der Waals surface area (Å²) in [6.45, 7) is 4.00. The van der Waals surface area contributed by atoms with Crippen LogP contribution in [-0.4, -0.2) is 5.91 Å². The molecular formula is C9H13NO. The third kappa shape index (κ3) is 8.69. The van der Waals surface area contributed by atoms with E-state index in [0.29, 0.717) is 0 Å². The third-order valence-electron chi connectivity index (χ3n) is 0.912. The van der Waals surface area contributed by atoms with Crippen molar-refractivity contribution in [2.24, 2.45) is 5.73 Å². The molecule has 0 spiro atoms. The van der Waals surface area contributed by atoms with E-state index < -0.39 is 5.91 Å². The Morgan fingerprint density at radius 2 is 1.82 bits per heavy atom. The molecule has 0 aliphatic heterocycles. The topological polar surface area (TPSA) is 43.1 Å². The molecule has 0 saturated heterocycles. The van der Waals surface area contributed by atoms with Gasteiger partial charge in [-0.2, -0.15) is 0 Å². The van der Waals surface area contributed by atoms with Crippen LogP contribution < -0.4 is 5.73 Å². The van der Waals surface area contributed by atoms with Gasteiger partial charge in [-0.3, -0.25) is 4.79 Å². The molecule has 0 rings (SSSR count). The van der Waals surface area contributed by atoms with Crippen molar-refractivity contribution in [2.45, 2.75) is 13.8 Å². The summed E-state index contributed by atoms with van der Waals surface area (Å²) in [5.74, 6) is -0.424. The van der Waals surface area contributed by atoms with Crippen LogP contribution in [0.3, 0.4) is 0 Å². The minimum absolute atomic E-state index is 0.424. The van der Waals surface area contributed by atoms with Crippen LogP contribution >= 0.6 is 0 Å². The van der Waals surface area contributed by atoms with Gasteiger partial charge in [0.15, 0.2) is 0 Å². The Morgan fingerprint density at radius 3 is 2.27 bits per heavy atom. The zero-order valence-electron chi connectivity index (χ0n) is 6.87. The van der Waals surface area contributed by atoms with Crippen molar-refractivity contribution in [3.63, 3.8) is 0 Å². The van der Waals surface area contributed by atoms with E-state index in [1.54, 1.807) is 12.2 Å². The highest BCUT2D eigenvalue weighted by Crippen LogP contribution is 1.88. The average Bonchev–Trinajstić information content (AvgIpc) is 1.85. The zero-order chi connectivity index (χ0) is 8.69. The fourth-order valence-electron chi connectivity index (χ4n) is 0.463. The first kappa shape index (κ1) is 9.69. The summed E-state index contributed by atoms with van der Waals surface area (Å²) in [4.78, 5) is 10.2. The van der Waals surface area contributed by atoms with Crippen LogP contribution in [-0.2, 0) is 4.79 Å². The number of nitrogens with two attached hydrogens (primary N) is 1. The number of amides is 1. The molecule has 0 aliphatic rings. The lowest BCUT2D eigenvalue weighted by molar-refractivity contribution is -0.113. The first-order valence-electron chi connectivity index (χ1n) is 3.40. The number of rotatable bonds is 3. The van der Waals surface area contributed by atoms with E-state index in [0.717, 1.165) is 0 Å². The number of hydrogen-bond acceptors (Lipinski definition) is 1. The number of primary amides is 1. The quantitative estimate of drug-likeness (QED) is 0.482. The number of allylic oxidation sites excluding steroid dienone is 5. The molecule has 0 fully saturated rings. The zero-order valence-corrected chi connectivity index (χ0v) is 6.87. The highest BCUT2D eigenvalue weighted by Gasteiger charge is 1.76. The van der Waals surface area contributed by atoms with Crippen LogP contribution in [0.5, 0.6) is 0 Å². The number of hydrogen-bond donors (Lipinski definition) is 1. The SMILES string of the molecule is CC(C)=CC=CC=CC(N)=O. The highest BCUT2D eigenvalue weighted by molar-refractivity contribution is 5.85. The van der Waals surface area contributed by atoms with Gasteiger partial charge in [0.25, 0.3) is 0 Å². The van der Waals surface area contributed by atoms with Crippen molar-refractivity contribution in [1.82, 2.24) is 0 Å². The second kappa shape index (κ2) is 5.47. The molecule has 0 aromatic heterocycles. The van der Waals surface area contributed by atoms with Crippen LogP contribution in [0.25, 0.3) is 0 Å². The molecule has 0 atom stereocenters. The molecule has 2 heteroatoms. The summed E-state index contributed by atoms with van der Waals surface area (Å²) in [5, 5.41) is 0. The first-order valence-corrected chi connectivity index (χ1v) is 3.40. The smallest absolute Gasteiger partial charge is 0.241 e. The van der Waals surface area contributed by atoms with Gasteiger partial charge in [-0.05, 0) is 13.8 Å². The molecule has 0 heterocycles. The van der Waals surface area contributed by atoms with Crippen molar-refractivity contribution in [1.29, 1.82) is 0 Å². The van der Waals surface area contributed by atoms with E-state index in [-0.39, 0.29) is 0 Å². The maximum absolute atomic E-state index is 10.2. The summed E-state index contributed by atoms with van der Waals surface area (Å²) in [6.07, 6.45) is 8.50. The minimum Gasteiger partial charge on any atom is -0.366 e. The van der Waals surface area contributed by atoms with Crippen LogP contribution in [0.15, 0.2) is 36.0 Å². The maximum atomic E-state index is 10.2. The lowest BCUT2D eigenvalue weighted by Gasteiger charge is -1.80. The average molecular weight is 151 g/mol. The second-order valence-corrected chi connectivity index (χ2v) is 2.39. The molecule has 0 aliphatic carbocycles. The Labute approximate surface area is 67.1 Å². The van der Waals surface area contributed by atoms with Gasteiger partial charge in [0.2, 0.25) is 5.91 Å². The van der Waals surface area contributed by atoms with Crippen LogP contribution in [0.2, 0.25) is 0 Å². The molecule has 2 N–H and O–H groups in total. The molecule has 0 radical (unpaired) electrons. The Bertz CT molecular complexity index is 208. The van der Waals surface area contributed by atoms with Gasteiger partial charge in [0.05, 0.1) is 0 Å². The molecule has 2 nitrogen and oxygen atoms in total. The summed E-state index contributed by atoms with van der Waals surface area (Å²) in [5.41, 5.74) is 6.08. The number of carbonyl (C=O) groups excluding carboxylic acids is 1. The van der Waals surface area contributed by atoms with Gasteiger partial charge in [0.1, 0.15) is 0 Å². The van der Waals surface area contributed by atoms with E-state index >= 15 is 0 Å². The first-order chi connectivity index (χ1) is 5.13. The fourth-order valence-corrected chi connectivity index (χ4v) is 0.463. The van der Waals surface area contributed by atoms with Gasteiger partial charge in [0, 0.05) is 6.08 Å². The van der Waals surface area contributed by atoms with Crippen molar-refractivity contribution in [3.05, 3.63) is 36.0 Å². The van der Waals surface area contributed by atoms with Crippen LogP contribution in [0, 0.1) is 0 Å². The Morgan fingerprint density at radius 1 is 1.18 bits per heavy atom. The normalized spacial score (nSPS) is 10.7. The number of carbonyl (C=O) groups is 1. The van der Waals surface area contributed by atoms with Gasteiger partial charge in [-0.1, -0.05) is 29.9 Å². The largest absolute Gasteiger partial charge is 0.366 e. The van der Waals surface area contributed by atoms with Crippen LogP contribution in [0.1, 0.15) is 13.8 Å². The fraction of sp³-hybridized carbons (Fsp3) is 0.222. The molecule has 11 heavy (non-hydrogen) atoms. The molecule has 60 valence electrons. The molecular weight excluding hydrogens is 138 g/mol. The Kier molecular flexibility index (Phi) is 4.82. The Hall–Kier alpha value is -1.31. The molecule has 0 bridgehead atoms. The van der Waals surface area contributed by atoms with Crippen LogP contribution in [0.4, 0.5) is 0 Å². The predicted octanol–water partition coefficient (Wildman–Crippen LogP) is 1.55. The van der Waals surface area contributed by atoms with Gasteiger partial charge >= 0.3 is 0 Å². The van der Waals surface area contributed by atoms with Gasteiger partial charge in [-0.15, -0.1) is 0 Å². The highest BCUT2D eigenvalue weighted by atomic mass is 16.1. The molecule has 0 aromatic rings. The van der Waals surface area contributed by atoms with E-state index in [1.807, 2.05) is 26.0 Å². The summed E-state index contributed by atoms with van der Waals surface area (Å²) < 4.78 is 0. The van der Waals surface area contributed by atoms with Crippen molar-refractivity contribution in [3.8, 4) is 0 Å². The minimum atomic E-state index is -0.424. The monoisotopic (exact) mass is 151 g/mol. The van der Waals surface area contributed by atoms with Crippen molar-refractivity contribution >= 4 is 5.91 Å². The maximum Gasteiger partial charge on any atom is 0.241 e. The molecule has 0 unspecified atom stereocenters. The molecule has 0 aromatic carbocycles. The summed E-state index contributed by atoms with van der Waals surface area (Å²) in [7, 11) is 0. The summed E-state index contributed by atoms with van der Waals surface area (Å²) in [6, 6.07) is 0. The molecule has 0 saturated carbocycles. The van der Waals surface area contributed by atoms with E-state index in [1.165, 1.54) is 11.6 Å². The van der Waals surface area contributed by atoms with E-state index in [4.69, 9.17) is 5.73 Å². The van der Waals surface area contributed by atoms with Crippen molar-refractivity contribution in [2.75, 3.05) is 0 Å². The Balaban J connectivity index is 3.78. The second-order valence-electron chi connectivity index (χ2n) is 2.39. The summed E-state index contributed by atoms with van der Waals surface area (Å²) >= 11 is 0. The lowest BCUT2D eigenvalue weighted by Crippen LogP contribution is -2.04. The lowest BCUT2D eigenvalue weighted by atomic mass is 10.3. The van der Waals surface area contributed by atoms with E-state index in [2.05, 4.69) is 0 Å². The van der Waals surface area contributed by atoms with Gasteiger partial charge < -0.3 is 5.73 Å². The third-order valence-corrected chi connectivity index (χ3v) is 0.912. The van der Waals surface area contributed by atoms with E-state index in [9.17, 15) is 4.79 Å². The van der Waals surface area contributed by atoms with Crippen molar-refractivity contribution < 1.29 is 4.79 Å². The predicted molar refractivity (Wildman–Crippen MR) is 46.9 cm³/mol. The standard InChI is InChI=1S/C9H13NO/c1-8(2)6-4-3-5-7-9(10)11/h3-7H,1-2H3,(H2,10,11).